The molecule has 0 atom stereocenters. The zero-order chi connectivity index (χ0) is 11.7. The van der Waals surface area contributed by atoms with E-state index in [1.807, 2.05) is 24.7 Å². The van der Waals surface area contributed by atoms with E-state index in [1.165, 1.54) is 18.4 Å². The SMILES string of the molecule is COC(=O)c1nc(-c2nccn2C)sc1C. The van der Waals surface area contributed by atoms with Gasteiger partial charge in [0.25, 0.3) is 0 Å². The molecule has 5 nitrogen and oxygen atoms in total. The van der Waals surface area contributed by atoms with Gasteiger partial charge in [-0.15, -0.1) is 11.3 Å². The fourth-order valence-corrected chi connectivity index (χ4v) is 2.29. The van der Waals surface area contributed by atoms with Gasteiger partial charge in [0.2, 0.25) is 0 Å². The van der Waals surface area contributed by atoms with Crippen molar-refractivity contribution in [2.45, 2.75) is 6.92 Å². The van der Waals surface area contributed by atoms with Crippen molar-refractivity contribution in [1.82, 2.24) is 14.5 Å². The molecule has 0 aliphatic carbocycles. The summed E-state index contributed by atoms with van der Waals surface area (Å²) in [4.78, 5) is 20.7. The number of nitrogens with zero attached hydrogens (tertiary/aromatic N) is 3. The number of methoxy groups -OCH3 is 1. The minimum atomic E-state index is -0.408. The number of thiazole rings is 1. The molecular formula is C10H11N3O2S. The Labute approximate surface area is 96.7 Å². The van der Waals surface area contributed by atoms with Gasteiger partial charge in [-0.25, -0.2) is 14.8 Å². The van der Waals surface area contributed by atoms with Gasteiger partial charge in [0, 0.05) is 24.3 Å². The van der Waals surface area contributed by atoms with Gasteiger partial charge < -0.3 is 9.30 Å². The molecule has 6 heteroatoms. The minimum absolute atomic E-state index is 0.366. The maximum atomic E-state index is 11.4. The molecule has 0 bridgehead atoms. The van der Waals surface area contributed by atoms with E-state index in [0.29, 0.717) is 5.69 Å². The highest BCUT2D eigenvalue weighted by atomic mass is 32.1. The third-order valence-corrected chi connectivity index (χ3v) is 3.15. The van der Waals surface area contributed by atoms with E-state index in [1.54, 1.807) is 6.20 Å². The molecule has 0 spiro atoms. The summed E-state index contributed by atoms with van der Waals surface area (Å²) in [6.07, 6.45) is 3.54. The van der Waals surface area contributed by atoms with E-state index in [4.69, 9.17) is 0 Å². The van der Waals surface area contributed by atoms with E-state index in [9.17, 15) is 4.79 Å². The van der Waals surface area contributed by atoms with Crippen LogP contribution in [-0.4, -0.2) is 27.6 Å². The third kappa shape index (κ3) is 1.71. The molecule has 0 aliphatic rings. The van der Waals surface area contributed by atoms with Crippen LogP contribution in [0, 0.1) is 6.92 Å². The molecule has 0 unspecified atom stereocenters. The lowest BCUT2D eigenvalue weighted by Gasteiger charge is -1.95. The van der Waals surface area contributed by atoms with Crippen molar-refractivity contribution in [2.75, 3.05) is 7.11 Å². The van der Waals surface area contributed by atoms with Crippen molar-refractivity contribution in [1.29, 1.82) is 0 Å². The van der Waals surface area contributed by atoms with Crippen LogP contribution in [0.25, 0.3) is 10.8 Å². The maximum Gasteiger partial charge on any atom is 0.357 e. The van der Waals surface area contributed by atoms with Gasteiger partial charge in [0.15, 0.2) is 16.5 Å². The molecule has 16 heavy (non-hydrogen) atoms. The monoisotopic (exact) mass is 237 g/mol. The number of ether oxygens (including phenoxy) is 1. The Kier molecular flexibility index (Phi) is 2.74. The molecule has 0 radical (unpaired) electrons. The fourth-order valence-electron chi connectivity index (χ4n) is 1.35. The summed E-state index contributed by atoms with van der Waals surface area (Å²) in [7, 11) is 3.23. The second-order valence-electron chi connectivity index (χ2n) is 3.28. The molecule has 0 amide bonds. The lowest BCUT2D eigenvalue weighted by atomic mass is 10.4. The quantitative estimate of drug-likeness (QED) is 0.745. The van der Waals surface area contributed by atoms with Crippen LogP contribution >= 0.6 is 11.3 Å². The standard InChI is InChI=1S/C10H11N3O2S/c1-6-7(10(14)15-3)12-9(16-6)8-11-4-5-13(8)2/h4-5H,1-3H3. The van der Waals surface area contributed by atoms with Crippen molar-refractivity contribution >= 4 is 17.3 Å². The smallest absolute Gasteiger partial charge is 0.357 e. The number of aryl methyl sites for hydroxylation is 2. The Morgan fingerprint density at radius 3 is 2.88 bits per heavy atom. The molecular weight excluding hydrogens is 226 g/mol. The molecule has 0 fully saturated rings. The molecule has 0 saturated carbocycles. The predicted octanol–water partition coefficient (Wildman–Crippen LogP) is 1.64. The Morgan fingerprint density at radius 2 is 2.31 bits per heavy atom. The molecule has 2 rings (SSSR count). The van der Waals surface area contributed by atoms with Crippen molar-refractivity contribution in [3.63, 3.8) is 0 Å². The van der Waals surface area contributed by atoms with Gasteiger partial charge >= 0.3 is 5.97 Å². The van der Waals surface area contributed by atoms with E-state index in [-0.39, 0.29) is 0 Å². The lowest BCUT2D eigenvalue weighted by molar-refractivity contribution is 0.0594. The number of carbonyl (C=O) groups excluding carboxylic acids is 1. The van der Waals surface area contributed by atoms with Gasteiger partial charge in [-0.05, 0) is 6.92 Å². The molecule has 84 valence electrons. The van der Waals surface area contributed by atoms with E-state index in [0.717, 1.165) is 15.7 Å². The Hall–Kier alpha value is -1.69. The number of hydrogen-bond donors (Lipinski definition) is 0. The van der Waals surface area contributed by atoms with Crippen LogP contribution in [0.15, 0.2) is 12.4 Å². The molecule has 2 aromatic rings. The molecule has 0 saturated heterocycles. The summed E-state index contributed by atoms with van der Waals surface area (Å²) in [6.45, 7) is 1.84. The van der Waals surface area contributed by atoms with E-state index in [2.05, 4.69) is 14.7 Å². The van der Waals surface area contributed by atoms with Crippen LogP contribution in [0.3, 0.4) is 0 Å². The number of rotatable bonds is 2. The Balaban J connectivity index is 2.46. The zero-order valence-electron chi connectivity index (χ0n) is 9.22. The number of aromatic nitrogens is 3. The highest BCUT2D eigenvalue weighted by Gasteiger charge is 2.18. The van der Waals surface area contributed by atoms with E-state index < -0.39 is 5.97 Å². The van der Waals surface area contributed by atoms with Gasteiger partial charge in [-0.3, -0.25) is 0 Å². The first kappa shape index (κ1) is 10.8. The second-order valence-corrected chi connectivity index (χ2v) is 4.48. The van der Waals surface area contributed by atoms with Gasteiger partial charge in [0.05, 0.1) is 7.11 Å². The summed E-state index contributed by atoms with van der Waals surface area (Å²) in [5, 5.41) is 0.727. The molecule has 0 aromatic carbocycles. The normalized spacial score (nSPS) is 10.4. The number of carbonyl (C=O) groups is 1. The third-order valence-electron chi connectivity index (χ3n) is 2.19. The van der Waals surface area contributed by atoms with Crippen molar-refractivity contribution in [3.05, 3.63) is 23.0 Å². The number of imidazole rings is 1. The first-order valence-electron chi connectivity index (χ1n) is 4.67. The average Bonchev–Trinajstić information content (AvgIpc) is 2.83. The molecule has 0 aliphatic heterocycles. The lowest BCUT2D eigenvalue weighted by Crippen LogP contribution is -2.03. The summed E-state index contributed by atoms with van der Waals surface area (Å²) >= 11 is 1.43. The summed E-state index contributed by atoms with van der Waals surface area (Å²) in [6, 6.07) is 0. The van der Waals surface area contributed by atoms with Crippen molar-refractivity contribution < 1.29 is 9.53 Å². The first-order chi connectivity index (χ1) is 7.63. The highest BCUT2D eigenvalue weighted by Crippen LogP contribution is 2.26. The van der Waals surface area contributed by atoms with Gasteiger partial charge in [0.1, 0.15) is 0 Å². The van der Waals surface area contributed by atoms with Gasteiger partial charge in [-0.1, -0.05) is 0 Å². The topological polar surface area (TPSA) is 57.0 Å². The average molecular weight is 237 g/mol. The Bertz CT molecular complexity index is 530. The summed E-state index contributed by atoms with van der Waals surface area (Å²) < 4.78 is 6.52. The minimum Gasteiger partial charge on any atom is -0.464 e. The van der Waals surface area contributed by atoms with Crippen LogP contribution < -0.4 is 0 Å². The van der Waals surface area contributed by atoms with Crippen LogP contribution in [-0.2, 0) is 11.8 Å². The van der Waals surface area contributed by atoms with Crippen LogP contribution in [0.4, 0.5) is 0 Å². The van der Waals surface area contributed by atoms with Crippen molar-refractivity contribution in [3.8, 4) is 10.8 Å². The number of hydrogen-bond acceptors (Lipinski definition) is 5. The molecule has 2 heterocycles. The highest BCUT2D eigenvalue weighted by molar-refractivity contribution is 7.15. The molecule has 0 N–H and O–H groups in total. The van der Waals surface area contributed by atoms with Crippen LogP contribution in [0.1, 0.15) is 15.4 Å². The maximum absolute atomic E-state index is 11.4. The first-order valence-corrected chi connectivity index (χ1v) is 5.48. The zero-order valence-corrected chi connectivity index (χ0v) is 10.0. The molecule has 2 aromatic heterocycles. The van der Waals surface area contributed by atoms with Crippen LogP contribution in [0.5, 0.6) is 0 Å². The number of esters is 1. The predicted molar refractivity (Wildman–Crippen MR) is 60.4 cm³/mol. The van der Waals surface area contributed by atoms with Crippen molar-refractivity contribution in [2.24, 2.45) is 7.05 Å². The second kappa shape index (κ2) is 4.05. The summed E-state index contributed by atoms with van der Waals surface area (Å²) in [5.41, 5.74) is 0.366. The van der Waals surface area contributed by atoms with Gasteiger partial charge in [-0.2, -0.15) is 0 Å². The summed E-state index contributed by atoms with van der Waals surface area (Å²) in [5.74, 6) is 0.345. The van der Waals surface area contributed by atoms with Crippen LogP contribution in [0.2, 0.25) is 0 Å². The fraction of sp³-hybridized carbons (Fsp3) is 0.300. The Morgan fingerprint density at radius 1 is 1.56 bits per heavy atom. The largest absolute Gasteiger partial charge is 0.464 e. The van der Waals surface area contributed by atoms with E-state index >= 15 is 0 Å².